The van der Waals surface area contributed by atoms with E-state index < -0.39 is 6.10 Å². The van der Waals surface area contributed by atoms with Gasteiger partial charge in [0.25, 0.3) is 0 Å². The maximum absolute atomic E-state index is 13.0. The summed E-state index contributed by atoms with van der Waals surface area (Å²) in [6.07, 6.45) is 102. The molecule has 6 nitrogen and oxygen atoms in total. The van der Waals surface area contributed by atoms with Crippen LogP contribution in [0.15, 0.2) is 170 Å². The lowest BCUT2D eigenvalue weighted by molar-refractivity contribution is -0.167. The van der Waals surface area contributed by atoms with Crippen LogP contribution >= 0.6 is 0 Å². The first-order chi connectivity index (χ1) is 41.0. The van der Waals surface area contributed by atoms with Crippen molar-refractivity contribution >= 4 is 17.9 Å². The summed E-state index contributed by atoms with van der Waals surface area (Å²) in [6, 6.07) is 0. The molecule has 0 aliphatic carbocycles. The Kier molecular flexibility index (Phi) is 64.9. The van der Waals surface area contributed by atoms with Gasteiger partial charge in [-0.1, -0.05) is 281 Å². The minimum atomic E-state index is -0.812. The van der Waals surface area contributed by atoms with Gasteiger partial charge in [0.1, 0.15) is 13.2 Å². The maximum Gasteiger partial charge on any atom is 0.306 e. The summed E-state index contributed by atoms with van der Waals surface area (Å²) in [5.74, 6) is -0.960. The minimum Gasteiger partial charge on any atom is -0.462 e. The molecule has 6 heteroatoms. The van der Waals surface area contributed by atoms with Gasteiger partial charge < -0.3 is 14.2 Å². The van der Waals surface area contributed by atoms with Crippen molar-refractivity contribution in [1.82, 2.24) is 0 Å². The molecule has 0 heterocycles. The summed E-state index contributed by atoms with van der Waals surface area (Å²) < 4.78 is 16.9. The molecule has 83 heavy (non-hydrogen) atoms. The predicted molar refractivity (Wildman–Crippen MR) is 361 cm³/mol. The average molecular weight is 1140 g/mol. The fraction of sp³-hybridized carbons (Fsp3) is 0.597. The second-order valence-electron chi connectivity index (χ2n) is 21.6. The van der Waals surface area contributed by atoms with Gasteiger partial charge in [-0.15, -0.1) is 0 Å². The summed E-state index contributed by atoms with van der Waals surface area (Å²) in [5, 5.41) is 0. The first-order valence-corrected chi connectivity index (χ1v) is 33.6. The van der Waals surface area contributed by atoms with Crippen molar-refractivity contribution in [1.29, 1.82) is 0 Å². The highest BCUT2D eigenvalue weighted by Crippen LogP contribution is 2.15. The number of hydrogen-bond donors (Lipinski definition) is 0. The van der Waals surface area contributed by atoms with Gasteiger partial charge in [-0.05, 0) is 148 Å². The van der Waals surface area contributed by atoms with Gasteiger partial charge in [0.2, 0.25) is 0 Å². The number of unbranched alkanes of at least 4 members (excludes halogenated alkanes) is 20. The van der Waals surface area contributed by atoms with E-state index >= 15 is 0 Å². The van der Waals surface area contributed by atoms with Crippen molar-refractivity contribution in [2.75, 3.05) is 13.2 Å². The summed E-state index contributed by atoms with van der Waals surface area (Å²) in [7, 11) is 0. The first kappa shape index (κ1) is 77.8. The zero-order valence-electron chi connectivity index (χ0n) is 53.4. The zero-order chi connectivity index (χ0) is 59.9. The number of allylic oxidation sites excluding steroid dienone is 28. The number of hydrogen-bond acceptors (Lipinski definition) is 6. The van der Waals surface area contributed by atoms with Crippen LogP contribution in [0.2, 0.25) is 0 Å². The van der Waals surface area contributed by atoms with E-state index in [1.807, 2.05) is 0 Å². The molecule has 0 spiro atoms. The van der Waals surface area contributed by atoms with Crippen LogP contribution in [-0.4, -0.2) is 37.2 Å². The van der Waals surface area contributed by atoms with Crippen LogP contribution in [0.4, 0.5) is 0 Å². The van der Waals surface area contributed by atoms with E-state index in [0.29, 0.717) is 25.7 Å². The van der Waals surface area contributed by atoms with E-state index in [4.69, 9.17) is 14.2 Å². The average Bonchev–Trinajstić information content (AvgIpc) is 3.49. The third-order valence-corrected chi connectivity index (χ3v) is 13.7. The number of rotatable bonds is 59. The largest absolute Gasteiger partial charge is 0.462 e. The Labute approximate surface area is 511 Å². The number of ether oxygens (including phenoxy) is 3. The standard InChI is InChI=1S/C77H122O6/c1-4-7-10-13-16-19-22-25-28-30-32-34-36-38-40-42-44-46-49-52-55-58-61-64-67-70-76(79)82-73-74(72-81-75(78)69-66-63-60-57-54-51-48-27-24-21-18-15-12-9-6-3)83-77(80)71-68-65-62-59-56-53-50-47-45-43-41-39-37-35-33-31-29-26-23-20-17-14-11-8-5-2/h7-12,16-21,25-29,32-35,38-41,48,54,57,74H,4-6,13-15,22-24,30-31,36-37,42-47,49-53,55-56,58-73H2,1-3H3/b10-7-,11-8-,12-9-,19-16-,20-17-,21-18-,28-25-,29-26-,34-32-,35-33-,40-38-,41-39-,48-27-,57-54-. The van der Waals surface area contributed by atoms with Gasteiger partial charge >= 0.3 is 17.9 Å². The van der Waals surface area contributed by atoms with Crippen LogP contribution in [0.5, 0.6) is 0 Å². The Balaban J connectivity index is 4.44. The van der Waals surface area contributed by atoms with Gasteiger partial charge in [0.05, 0.1) is 0 Å². The zero-order valence-corrected chi connectivity index (χ0v) is 53.4. The van der Waals surface area contributed by atoms with Crippen LogP contribution < -0.4 is 0 Å². The molecule has 0 aromatic heterocycles. The maximum atomic E-state index is 13.0. The van der Waals surface area contributed by atoms with Crippen molar-refractivity contribution < 1.29 is 28.6 Å². The molecule has 1 atom stereocenters. The minimum absolute atomic E-state index is 0.104. The van der Waals surface area contributed by atoms with E-state index in [1.165, 1.54) is 77.0 Å². The van der Waals surface area contributed by atoms with Crippen LogP contribution in [0.25, 0.3) is 0 Å². The fourth-order valence-corrected chi connectivity index (χ4v) is 8.78. The van der Waals surface area contributed by atoms with Gasteiger partial charge in [-0.3, -0.25) is 14.4 Å². The van der Waals surface area contributed by atoms with Crippen molar-refractivity contribution in [3.8, 4) is 0 Å². The highest BCUT2D eigenvalue weighted by atomic mass is 16.6. The van der Waals surface area contributed by atoms with Crippen LogP contribution in [-0.2, 0) is 28.6 Å². The number of carbonyl (C=O) groups is 3. The third-order valence-electron chi connectivity index (χ3n) is 13.7. The van der Waals surface area contributed by atoms with Gasteiger partial charge in [-0.25, -0.2) is 0 Å². The predicted octanol–water partition coefficient (Wildman–Crippen LogP) is 23.4. The molecule has 0 radical (unpaired) electrons. The first-order valence-electron chi connectivity index (χ1n) is 33.6. The molecular formula is C77H122O6. The van der Waals surface area contributed by atoms with Crippen LogP contribution in [0.3, 0.4) is 0 Å². The smallest absolute Gasteiger partial charge is 0.306 e. The van der Waals surface area contributed by atoms with Crippen molar-refractivity contribution in [2.24, 2.45) is 0 Å². The van der Waals surface area contributed by atoms with E-state index in [-0.39, 0.29) is 31.1 Å². The lowest BCUT2D eigenvalue weighted by atomic mass is 10.1. The number of esters is 3. The van der Waals surface area contributed by atoms with E-state index in [9.17, 15) is 14.4 Å². The van der Waals surface area contributed by atoms with Crippen LogP contribution in [0, 0.1) is 0 Å². The van der Waals surface area contributed by atoms with E-state index in [1.54, 1.807) is 0 Å². The molecule has 0 amide bonds. The molecule has 0 N–H and O–H groups in total. The molecule has 0 fully saturated rings. The summed E-state index contributed by atoms with van der Waals surface area (Å²) in [6.45, 7) is 6.26. The van der Waals surface area contributed by atoms with Crippen molar-refractivity contribution in [3.63, 3.8) is 0 Å². The highest BCUT2D eigenvalue weighted by molar-refractivity contribution is 5.71. The Morgan fingerprint density at radius 3 is 0.699 bits per heavy atom. The quantitative estimate of drug-likeness (QED) is 0.0261. The molecule has 466 valence electrons. The molecular weight excluding hydrogens is 1020 g/mol. The summed E-state index contributed by atoms with van der Waals surface area (Å²) in [5.41, 5.74) is 0. The second kappa shape index (κ2) is 69.3. The SMILES string of the molecule is CC/C=C\C/C=C\C/C=C\C/C=C\C/C=C\CCCCCCCCCCCC(=O)OCC(COC(=O)CCCC/C=C\C/C=C\C/C=C\C/C=C\CC)OC(=O)CCCCCCCCCCC/C=C\C/C=C\C/C=C\C/C=C\C/C=C\CC. The topological polar surface area (TPSA) is 78.9 Å². The molecule has 0 bridgehead atoms. The van der Waals surface area contributed by atoms with E-state index in [0.717, 1.165) is 154 Å². The van der Waals surface area contributed by atoms with Crippen molar-refractivity contribution in [3.05, 3.63) is 170 Å². The monoisotopic (exact) mass is 1140 g/mol. The molecule has 0 saturated carbocycles. The molecule has 0 aliphatic rings. The summed E-state index contributed by atoms with van der Waals surface area (Å²) in [4.78, 5) is 38.4. The van der Waals surface area contributed by atoms with Crippen molar-refractivity contribution in [2.45, 2.75) is 284 Å². The molecule has 1 unspecified atom stereocenters. The molecule has 0 aromatic rings. The summed E-state index contributed by atoms with van der Waals surface area (Å²) >= 11 is 0. The second-order valence-corrected chi connectivity index (χ2v) is 21.6. The van der Waals surface area contributed by atoms with Crippen LogP contribution in [0.1, 0.15) is 278 Å². The van der Waals surface area contributed by atoms with E-state index in [2.05, 4.69) is 191 Å². The molecule has 0 aromatic carbocycles. The Hall–Kier alpha value is -5.23. The van der Waals surface area contributed by atoms with Gasteiger partial charge in [0.15, 0.2) is 6.10 Å². The lowest BCUT2D eigenvalue weighted by Gasteiger charge is -2.18. The normalized spacial score (nSPS) is 13.2. The van der Waals surface area contributed by atoms with Gasteiger partial charge in [0, 0.05) is 19.3 Å². The highest BCUT2D eigenvalue weighted by Gasteiger charge is 2.19. The molecule has 0 saturated heterocycles. The molecule has 0 aliphatic heterocycles. The number of carbonyl (C=O) groups excluding carboxylic acids is 3. The molecule has 0 rings (SSSR count). The Morgan fingerprint density at radius 2 is 0.434 bits per heavy atom. The third kappa shape index (κ3) is 67.4. The Morgan fingerprint density at radius 1 is 0.241 bits per heavy atom. The van der Waals surface area contributed by atoms with Gasteiger partial charge in [-0.2, -0.15) is 0 Å². The Bertz CT molecular complexity index is 1890. The fourth-order valence-electron chi connectivity index (χ4n) is 8.78. The lowest BCUT2D eigenvalue weighted by Crippen LogP contribution is -2.30.